The average Bonchev–Trinajstić information content (AvgIpc) is 3.24. The largest absolute Gasteiger partial charge is 0.478 e. The lowest BCUT2D eigenvalue weighted by Gasteiger charge is -2.18. The quantitative estimate of drug-likeness (QED) is 0.194. The Kier molecular flexibility index (Phi) is 7.17. The number of benzene rings is 1. The number of methoxy groups -OCH3 is 1. The highest BCUT2D eigenvalue weighted by atomic mass is 32.2. The molecule has 3 aromatic rings. The number of aromatic nitrogens is 2. The van der Waals surface area contributed by atoms with E-state index in [-0.39, 0.29) is 21.7 Å². The van der Waals surface area contributed by atoms with Crippen molar-refractivity contribution >= 4 is 44.8 Å². The number of nitrogens with zero attached hydrogens (tertiary/aromatic N) is 4. The molecule has 0 aliphatic rings. The number of carbonyl (C=O) groups excluding carboxylic acids is 1. The number of hydrogen-bond acceptors (Lipinski definition) is 11. The zero-order chi connectivity index (χ0) is 24.0. The number of hydrazine groups is 1. The number of thiophene rings is 1. The minimum atomic E-state index is -4.18. The molecule has 2 aromatic heterocycles. The topological polar surface area (TPSA) is 180 Å². The van der Waals surface area contributed by atoms with Crippen molar-refractivity contribution in [1.29, 1.82) is 0 Å². The molecule has 172 valence electrons. The van der Waals surface area contributed by atoms with Crippen LogP contribution in [-0.4, -0.2) is 36.5 Å². The Morgan fingerprint density at radius 2 is 1.91 bits per heavy atom. The number of ether oxygens (including phenoxy) is 1. The molecule has 0 radical (unpaired) electrons. The fraction of sp³-hybridized carbons (Fsp3) is 0.0556. The highest BCUT2D eigenvalue weighted by molar-refractivity contribution is 7.92. The molecular weight excluding hydrogens is 476 g/mol. The minimum absolute atomic E-state index is 0.0675. The van der Waals surface area contributed by atoms with Crippen LogP contribution in [0.1, 0.15) is 4.88 Å². The molecule has 0 atom stereocenters. The minimum Gasteiger partial charge on any atom is -0.478 e. The Bertz CT molecular complexity index is 1290. The Morgan fingerprint density at radius 3 is 2.58 bits per heavy atom. The molecule has 33 heavy (non-hydrogen) atoms. The van der Waals surface area contributed by atoms with E-state index in [1.807, 2.05) is 0 Å². The van der Waals surface area contributed by atoms with E-state index >= 15 is 0 Å². The van der Waals surface area contributed by atoms with E-state index in [0.29, 0.717) is 15.0 Å². The molecule has 0 spiro atoms. The van der Waals surface area contributed by atoms with Crippen molar-refractivity contribution in [2.45, 2.75) is 4.90 Å². The molecule has 13 nitrogen and oxygen atoms in total. The molecule has 1 amide bonds. The summed E-state index contributed by atoms with van der Waals surface area (Å²) in [5.41, 5.74) is 0.327. The number of hydrogen-bond donors (Lipinski definition) is 2. The lowest BCUT2D eigenvalue weighted by Crippen LogP contribution is -2.38. The van der Waals surface area contributed by atoms with Gasteiger partial charge in [0.2, 0.25) is 11.7 Å². The number of nitrogens with one attached hydrogen (secondary N) is 1. The Morgan fingerprint density at radius 1 is 1.21 bits per heavy atom. The molecule has 0 fully saturated rings. The van der Waals surface area contributed by atoms with Crippen LogP contribution in [0.4, 0.5) is 11.5 Å². The van der Waals surface area contributed by atoms with E-state index in [2.05, 4.69) is 20.1 Å². The van der Waals surface area contributed by atoms with Gasteiger partial charge in [0.15, 0.2) is 5.06 Å². The van der Waals surface area contributed by atoms with Gasteiger partial charge >= 0.3 is 5.09 Å². The first-order chi connectivity index (χ1) is 15.7. The second-order valence-corrected chi connectivity index (χ2v) is 8.90. The number of sulfonamides is 1. The molecule has 15 heteroatoms. The zero-order valence-corrected chi connectivity index (χ0v) is 18.4. The van der Waals surface area contributed by atoms with Crippen molar-refractivity contribution in [3.8, 4) is 10.9 Å². The van der Waals surface area contributed by atoms with Crippen LogP contribution in [0, 0.1) is 10.1 Å². The standard InChI is InChI=1S/C18H16N6O7S2/c1-30-18-17(20-10-11-21-18)23(19)33(28,29)14-6-2-12(3-7-14)22-15(25)8-4-13-5-9-16(32-13)31-24(26)27/h2-11H,19H2,1H3,(H,22,25)/b8-4+. The summed E-state index contributed by atoms with van der Waals surface area (Å²) in [4.78, 5) is 34.9. The average molecular weight is 492 g/mol. The van der Waals surface area contributed by atoms with E-state index < -0.39 is 21.0 Å². The maximum atomic E-state index is 12.8. The summed E-state index contributed by atoms with van der Waals surface area (Å²) in [5.74, 6) is 5.00. The van der Waals surface area contributed by atoms with E-state index in [0.717, 1.165) is 11.3 Å². The predicted octanol–water partition coefficient (Wildman–Crippen LogP) is 1.84. The third-order valence-electron chi connectivity index (χ3n) is 3.89. The van der Waals surface area contributed by atoms with Gasteiger partial charge in [-0.3, -0.25) is 9.63 Å². The molecule has 1 aromatic carbocycles. The van der Waals surface area contributed by atoms with Crippen molar-refractivity contribution in [2.24, 2.45) is 5.84 Å². The van der Waals surface area contributed by atoms with Gasteiger partial charge < -0.3 is 10.1 Å². The first kappa shape index (κ1) is 23.6. The van der Waals surface area contributed by atoms with Crippen molar-refractivity contribution in [2.75, 3.05) is 16.8 Å². The van der Waals surface area contributed by atoms with Crippen molar-refractivity contribution < 1.29 is 27.9 Å². The third-order valence-corrected chi connectivity index (χ3v) is 6.37. The first-order valence-corrected chi connectivity index (χ1v) is 11.1. The maximum Gasteiger partial charge on any atom is 0.300 e. The number of nitrogens with two attached hydrogens (primary N) is 1. The van der Waals surface area contributed by atoms with Crippen LogP contribution in [0.25, 0.3) is 6.08 Å². The number of anilines is 2. The smallest absolute Gasteiger partial charge is 0.300 e. The van der Waals surface area contributed by atoms with Gasteiger partial charge in [0.25, 0.3) is 15.9 Å². The van der Waals surface area contributed by atoms with Crippen molar-refractivity contribution in [3.05, 3.63) is 69.9 Å². The fourth-order valence-corrected chi connectivity index (χ4v) is 4.24. The highest BCUT2D eigenvalue weighted by Crippen LogP contribution is 2.27. The Hall–Kier alpha value is -4.08. The SMILES string of the molecule is COc1nccnc1N(N)S(=O)(=O)c1ccc(NC(=O)/C=C/c2ccc(O[N+](=O)[O-])s2)cc1. The van der Waals surface area contributed by atoms with Crippen LogP contribution in [0.15, 0.2) is 59.8 Å². The van der Waals surface area contributed by atoms with E-state index in [9.17, 15) is 23.3 Å². The Balaban J connectivity index is 1.67. The molecule has 3 N–H and O–H groups in total. The fourth-order valence-electron chi connectivity index (χ4n) is 2.44. The van der Waals surface area contributed by atoms with Gasteiger partial charge in [-0.25, -0.2) is 15.8 Å². The van der Waals surface area contributed by atoms with Gasteiger partial charge in [0.1, 0.15) is 0 Å². The van der Waals surface area contributed by atoms with Gasteiger partial charge in [-0.15, -0.1) is 21.5 Å². The third kappa shape index (κ3) is 5.79. The number of carbonyl (C=O) groups is 1. The van der Waals surface area contributed by atoms with E-state index in [1.54, 1.807) is 6.07 Å². The predicted molar refractivity (Wildman–Crippen MR) is 118 cm³/mol. The van der Waals surface area contributed by atoms with Gasteiger partial charge in [-0.05, 0) is 42.5 Å². The van der Waals surface area contributed by atoms with Gasteiger partial charge in [0.05, 0.1) is 12.0 Å². The van der Waals surface area contributed by atoms with Crippen LogP contribution in [-0.2, 0) is 14.8 Å². The molecule has 0 bridgehead atoms. The van der Waals surface area contributed by atoms with E-state index in [4.69, 9.17) is 10.6 Å². The summed E-state index contributed by atoms with van der Waals surface area (Å²) in [6.45, 7) is 0. The number of amides is 1. The first-order valence-electron chi connectivity index (χ1n) is 8.87. The zero-order valence-electron chi connectivity index (χ0n) is 16.8. The van der Waals surface area contributed by atoms with Gasteiger partial charge in [-0.2, -0.15) is 12.8 Å². The molecule has 2 heterocycles. The maximum absolute atomic E-state index is 12.8. The summed E-state index contributed by atoms with van der Waals surface area (Å²) in [5, 5.41) is 12.0. The molecule has 0 saturated carbocycles. The van der Waals surface area contributed by atoms with Crippen LogP contribution >= 0.6 is 11.3 Å². The molecular formula is C18H16N6O7S2. The monoisotopic (exact) mass is 492 g/mol. The molecule has 3 rings (SSSR count). The van der Waals surface area contributed by atoms with Gasteiger partial charge in [0, 0.05) is 29.0 Å². The van der Waals surface area contributed by atoms with Crippen molar-refractivity contribution in [3.63, 3.8) is 0 Å². The summed E-state index contributed by atoms with van der Waals surface area (Å²) in [7, 11) is -2.88. The normalized spacial score (nSPS) is 11.2. The Labute approximate surface area is 191 Å². The molecule has 0 aliphatic carbocycles. The van der Waals surface area contributed by atoms with Crippen LogP contribution in [0.5, 0.6) is 10.9 Å². The van der Waals surface area contributed by atoms with Crippen molar-refractivity contribution in [1.82, 2.24) is 9.97 Å². The summed E-state index contributed by atoms with van der Waals surface area (Å²) < 4.78 is 31.0. The van der Waals surface area contributed by atoms with Crippen LogP contribution < -0.4 is 25.1 Å². The lowest BCUT2D eigenvalue weighted by molar-refractivity contribution is -0.710. The van der Waals surface area contributed by atoms with E-state index in [1.165, 1.54) is 62.0 Å². The van der Waals surface area contributed by atoms with Crippen LogP contribution in [0.2, 0.25) is 0 Å². The highest BCUT2D eigenvalue weighted by Gasteiger charge is 2.26. The summed E-state index contributed by atoms with van der Waals surface area (Å²) >= 11 is 0.985. The second-order valence-electron chi connectivity index (χ2n) is 6.01. The molecule has 0 saturated heterocycles. The summed E-state index contributed by atoms with van der Waals surface area (Å²) in [6, 6.07) is 8.25. The summed E-state index contributed by atoms with van der Waals surface area (Å²) in [6.07, 6.45) is 5.26. The van der Waals surface area contributed by atoms with Gasteiger partial charge in [-0.1, -0.05) is 0 Å². The second kappa shape index (κ2) is 10.0. The molecule has 0 aliphatic heterocycles. The number of rotatable bonds is 9. The van der Waals surface area contributed by atoms with Crippen LogP contribution in [0.3, 0.4) is 0 Å². The lowest BCUT2D eigenvalue weighted by atomic mass is 10.3. The molecule has 0 unspecified atom stereocenters.